The van der Waals surface area contributed by atoms with Gasteiger partial charge in [-0.15, -0.1) is 23.1 Å². The van der Waals surface area contributed by atoms with Crippen LogP contribution in [-0.4, -0.2) is 14.7 Å². The number of halogens is 2. The monoisotopic (exact) mass is 397 g/mol. The number of sulfonamides is 1. The standard InChI is InChI=1S/C11H9BrClNO2S3/c1-17-9-5-3-2-4-8(9)14-19(15,16)10-6-7(13)11(12)18-10/h2-6,14H,1H3. The summed E-state index contributed by atoms with van der Waals surface area (Å²) in [6, 6.07) is 8.67. The molecule has 2 rings (SSSR count). The van der Waals surface area contributed by atoms with Crippen molar-refractivity contribution < 1.29 is 8.42 Å². The van der Waals surface area contributed by atoms with Gasteiger partial charge in [0.05, 0.1) is 14.5 Å². The molecule has 8 heteroatoms. The normalized spacial score (nSPS) is 11.5. The van der Waals surface area contributed by atoms with Crippen molar-refractivity contribution in [3.05, 3.63) is 39.1 Å². The van der Waals surface area contributed by atoms with E-state index in [1.807, 2.05) is 18.4 Å². The summed E-state index contributed by atoms with van der Waals surface area (Å²) >= 11 is 11.6. The molecule has 0 unspecified atom stereocenters. The average molecular weight is 399 g/mol. The minimum Gasteiger partial charge on any atom is -0.278 e. The first-order chi connectivity index (χ1) is 8.94. The van der Waals surface area contributed by atoms with Crippen LogP contribution in [0.1, 0.15) is 0 Å². The van der Waals surface area contributed by atoms with Crippen LogP contribution < -0.4 is 4.72 Å². The lowest BCUT2D eigenvalue weighted by Gasteiger charge is -2.09. The van der Waals surface area contributed by atoms with Gasteiger partial charge in [-0.3, -0.25) is 4.72 Å². The zero-order valence-corrected chi connectivity index (χ0v) is 14.5. The number of rotatable bonds is 4. The summed E-state index contributed by atoms with van der Waals surface area (Å²) < 4.78 is 27.9. The largest absolute Gasteiger partial charge is 0.278 e. The number of thioether (sulfide) groups is 1. The van der Waals surface area contributed by atoms with Crippen LogP contribution in [0.4, 0.5) is 5.69 Å². The summed E-state index contributed by atoms with van der Waals surface area (Å²) in [5.41, 5.74) is 0.565. The summed E-state index contributed by atoms with van der Waals surface area (Å²) in [7, 11) is -3.61. The molecule has 0 amide bonds. The minimum atomic E-state index is -3.61. The van der Waals surface area contributed by atoms with Crippen LogP contribution in [0, 0.1) is 0 Å². The number of hydrogen-bond donors (Lipinski definition) is 1. The van der Waals surface area contributed by atoms with Crippen molar-refractivity contribution in [3.8, 4) is 0 Å². The summed E-state index contributed by atoms with van der Waals surface area (Å²) in [6.07, 6.45) is 1.89. The molecule has 0 spiro atoms. The molecular weight excluding hydrogens is 390 g/mol. The molecular formula is C11H9BrClNO2S3. The van der Waals surface area contributed by atoms with Crippen molar-refractivity contribution in [3.63, 3.8) is 0 Å². The van der Waals surface area contributed by atoms with Gasteiger partial charge in [0.15, 0.2) is 0 Å². The highest BCUT2D eigenvalue weighted by Gasteiger charge is 2.20. The summed E-state index contributed by atoms with van der Waals surface area (Å²) in [5.74, 6) is 0. The molecule has 0 saturated carbocycles. The minimum absolute atomic E-state index is 0.181. The fraction of sp³-hybridized carbons (Fsp3) is 0.0909. The smallest absolute Gasteiger partial charge is 0.271 e. The van der Waals surface area contributed by atoms with Crippen molar-refractivity contribution in [2.24, 2.45) is 0 Å². The molecule has 0 saturated heterocycles. The predicted octanol–water partition coefficient (Wildman–Crippen LogP) is 4.69. The van der Waals surface area contributed by atoms with Crippen LogP contribution in [0.3, 0.4) is 0 Å². The molecule has 3 nitrogen and oxygen atoms in total. The molecule has 19 heavy (non-hydrogen) atoms. The second-order valence-electron chi connectivity index (χ2n) is 3.49. The van der Waals surface area contributed by atoms with E-state index in [1.54, 1.807) is 12.1 Å². The van der Waals surface area contributed by atoms with E-state index in [0.717, 1.165) is 16.2 Å². The number of thiophene rings is 1. The second-order valence-corrected chi connectivity index (χ2v) is 9.03. The van der Waals surface area contributed by atoms with Crippen LogP contribution in [0.2, 0.25) is 5.02 Å². The Kier molecular flexibility index (Phi) is 4.84. The molecule has 2 aromatic rings. The maximum Gasteiger partial charge on any atom is 0.271 e. The average Bonchev–Trinajstić information content (AvgIpc) is 2.71. The zero-order valence-electron chi connectivity index (χ0n) is 9.68. The van der Waals surface area contributed by atoms with E-state index in [0.29, 0.717) is 14.5 Å². The molecule has 1 aromatic heterocycles. The maximum atomic E-state index is 12.2. The van der Waals surface area contributed by atoms with E-state index in [4.69, 9.17) is 11.6 Å². The molecule has 0 aliphatic heterocycles. The van der Waals surface area contributed by atoms with Crippen LogP contribution >= 0.6 is 50.6 Å². The van der Waals surface area contributed by atoms with Gasteiger partial charge in [-0.2, -0.15) is 0 Å². The van der Waals surface area contributed by atoms with Gasteiger partial charge in [-0.25, -0.2) is 8.42 Å². The quantitative estimate of drug-likeness (QED) is 0.760. The van der Waals surface area contributed by atoms with Crippen molar-refractivity contribution >= 4 is 66.3 Å². The third-order valence-electron chi connectivity index (χ3n) is 2.24. The first kappa shape index (κ1) is 15.2. The van der Waals surface area contributed by atoms with Crippen molar-refractivity contribution in [1.82, 2.24) is 0 Å². The highest BCUT2D eigenvalue weighted by Crippen LogP contribution is 2.36. The molecule has 0 fully saturated rings. The first-order valence-electron chi connectivity index (χ1n) is 5.04. The molecule has 0 bridgehead atoms. The lowest BCUT2D eigenvalue weighted by atomic mass is 10.3. The van der Waals surface area contributed by atoms with E-state index in [2.05, 4.69) is 20.7 Å². The molecule has 0 aliphatic carbocycles. The Morgan fingerprint density at radius 1 is 1.37 bits per heavy atom. The molecule has 0 radical (unpaired) electrons. The number of para-hydroxylation sites is 1. The highest BCUT2D eigenvalue weighted by molar-refractivity contribution is 9.11. The Morgan fingerprint density at radius 3 is 2.63 bits per heavy atom. The Morgan fingerprint density at radius 2 is 2.05 bits per heavy atom. The maximum absolute atomic E-state index is 12.2. The van der Waals surface area contributed by atoms with Crippen LogP contribution in [0.15, 0.2) is 43.2 Å². The third kappa shape index (κ3) is 3.46. The third-order valence-corrected chi connectivity index (χ3v) is 7.35. The molecule has 1 aromatic carbocycles. The summed E-state index contributed by atoms with van der Waals surface area (Å²) in [6.45, 7) is 0. The van der Waals surface area contributed by atoms with E-state index < -0.39 is 10.0 Å². The number of nitrogens with one attached hydrogen (secondary N) is 1. The molecule has 102 valence electrons. The SMILES string of the molecule is CSc1ccccc1NS(=O)(=O)c1cc(Cl)c(Br)s1. The lowest BCUT2D eigenvalue weighted by Crippen LogP contribution is -2.11. The first-order valence-corrected chi connectivity index (χ1v) is 9.74. The van der Waals surface area contributed by atoms with Crippen LogP contribution in [0.5, 0.6) is 0 Å². The fourth-order valence-electron chi connectivity index (χ4n) is 1.38. The molecule has 1 heterocycles. The Balaban J connectivity index is 2.36. The van der Waals surface area contributed by atoms with Gasteiger partial charge in [-0.05, 0) is 40.4 Å². The van der Waals surface area contributed by atoms with Gasteiger partial charge in [0, 0.05) is 4.90 Å². The Hall–Kier alpha value is -0.210. The fourth-order valence-corrected chi connectivity index (χ4v) is 5.48. The van der Waals surface area contributed by atoms with Gasteiger partial charge in [-0.1, -0.05) is 23.7 Å². The van der Waals surface area contributed by atoms with E-state index in [-0.39, 0.29) is 4.21 Å². The highest BCUT2D eigenvalue weighted by atomic mass is 79.9. The van der Waals surface area contributed by atoms with Crippen molar-refractivity contribution in [2.75, 3.05) is 11.0 Å². The van der Waals surface area contributed by atoms with Gasteiger partial charge in [0.25, 0.3) is 10.0 Å². The van der Waals surface area contributed by atoms with Crippen molar-refractivity contribution in [1.29, 1.82) is 0 Å². The van der Waals surface area contributed by atoms with Crippen molar-refractivity contribution in [2.45, 2.75) is 9.10 Å². The molecule has 1 N–H and O–H groups in total. The number of anilines is 1. The van der Waals surface area contributed by atoms with Crippen LogP contribution in [0.25, 0.3) is 0 Å². The predicted molar refractivity (Wildman–Crippen MR) is 86.1 cm³/mol. The summed E-state index contributed by atoms with van der Waals surface area (Å²) in [5, 5.41) is 0.392. The summed E-state index contributed by atoms with van der Waals surface area (Å²) in [4.78, 5) is 0.868. The van der Waals surface area contributed by atoms with Gasteiger partial charge in [0.2, 0.25) is 0 Å². The Bertz CT molecular complexity index is 680. The topological polar surface area (TPSA) is 46.2 Å². The van der Waals surface area contributed by atoms with E-state index >= 15 is 0 Å². The van der Waals surface area contributed by atoms with Gasteiger partial charge in [0.1, 0.15) is 4.21 Å². The lowest BCUT2D eigenvalue weighted by molar-refractivity contribution is 0.603. The van der Waals surface area contributed by atoms with E-state index in [9.17, 15) is 8.42 Å². The van der Waals surface area contributed by atoms with E-state index in [1.165, 1.54) is 17.8 Å². The van der Waals surface area contributed by atoms with Gasteiger partial charge < -0.3 is 0 Å². The van der Waals surface area contributed by atoms with Gasteiger partial charge >= 0.3 is 0 Å². The number of hydrogen-bond acceptors (Lipinski definition) is 4. The number of benzene rings is 1. The molecule has 0 aliphatic rings. The Labute approximate surface area is 133 Å². The molecule has 0 atom stereocenters. The van der Waals surface area contributed by atoms with Crippen LogP contribution in [-0.2, 0) is 10.0 Å². The zero-order chi connectivity index (χ0) is 14.0. The second kappa shape index (κ2) is 6.05.